The van der Waals surface area contributed by atoms with Crippen LogP contribution in [0.3, 0.4) is 0 Å². The molecule has 1 heterocycles. The Bertz CT molecular complexity index is 3140. The summed E-state index contributed by atoms with van der Waals surface area (Å²) in [5, 5.41) is 4.46. The van der Waals surface area contributed by atoms with Crippen molar-refractivity contribution >= 4 is 49.8 Å². The molecule has 0 saturated heterocycles. The highest BCUT2D eigenvalue weighted by molar-refractivity contribution is 6.22. The summed E-state index contributed by atoms with van der Waals surface area (Å²) in [6, 6.07) is 72.5. The minimum atomic E-state index is -0.114. The molecule has 0 amide bonds. The molecule has 11 rings (SSSR count). The summed E-state index contributed by atoms with van der Waals surface area (Å²) in [6.45, 7) is 4.69. The average molecular weight is 730 g/mol. The molecule has 0 unspecified atom stereocenters. The van der Waals surface area contributed by atoms with Crippen molar-refractivity contribution in [3.05, 3.63) is 211 Å². The van der Waals surface area contributed by atoms with Gasteiger partial charge in [0, 0.05) is 33.1 Å². The van der Waals surface area contributed by atoms with E-state index >= 15 is 0 Å². The van der Waals surface area contributed by atoms with Gasteiger partial charge in [-0.1, -0.05) is 166 Å². The molecule has 0 bridgehead atoms. The van der Waals surface area contributed by atoms with E-state index in [1.807, 2.05) is 0 Å². The zero-order valence-corrected chi connectivity index (χ0v) is 31.9. The van der Waals surface area contributed by atoms with Gasteiger partial charge in [-0.25, -0.2) is 0 Å². The van der Waals surface area contributed by atoms with Crippen LogP contribution in [0, 0.1) is 0 Å². The molecule has 0 N–H and O–H groups in total. The van der Waals surface area contributed by atoms with E-state index in [1.165, 1.54) is 38.9 Å². The number of rotatable bonds is 6. The first-order valence-corrected chi connectivity index (χ1v) is 19.8. The summed E-state index contributed by atoms with van der Waals surface area (Å²) in [5.74, 6) is 0. The summed E-state index contributed by atoms with van der Waals surface area (Å²) in [4.78, 5) is 2.40. The lowest BCUT2D eigenvalue weighted by Gasteiger charge is -2.27. The van der Waals surface area contributed by atoms with Gasteiger partial charge in [-0.3, -0.25) is 0 Å². The molecule has 270 valence electrons. The first-order chi connectivity index (χ1) is 28.0. The number of nitrogens with zero attached hydrogens (tertiary/aromatic N) is 1. The summed E-state index contributed by atoms with van der Waals surface area (Å²) in [7, 11) is 0. The molecule has 0 fully saturated rings. The SMILES string of the molecule is CC1(C)c2ccccc2-c2ccc(-c3ccc(N(c4ccc(-c5ccccc5)cc4)c4cccc(-c5ccccc5)c4)c4c3oc3c5ccccc5ccc34)cc21. The largest absolute Gasteiger partial charge is 0.455 e. The smallest absolute Gasteiger partial charge is 0.145 e. The van der Waals surface area contributed by atoms with Crippen LogP contribution in [-0.2, 0) is 5.41 Å². The van der Waals surface area contributed by atoms with Crippen molar-refractivity contribution in [1.82, 2.24) is 0 Å². The van der Waals surface area contributed by atoms with E-state index in [-0.39, 0.29) is 5.41 Å². The van der Waals surface area contributed by atoms with Crippen LogP contribution in [0.25, 0.3) is 77.2 Å². The van der Waals surface area contributed by atoms with Gasteiger partial charge >= 0.3 is 0 Å². The van der Waals surface area contributed by atoms with Crippen LogP contribution in [0.4, 0.5) is 17.1 Å². The van der Waals surface area contributed by atoms with Crippen LogP contribution < -0.4 is 4.90 Å². The Kier molecular flexibility index (Phi) is 7.55. The van der Waals surface area contributed by atoms with E-state index < -0.39 is 0 Å². The number of furan rings is 1. The van der Waals surface area contributed by atoms with Gasteiger partial charge in [0.15, 0.2) is 0 Å². The van der Waals surface area contributed by atoms with Crippen LogP contribution in [-0.4, -0.2) is 0 Å². The van der Waals surface area contributed by atoms with E-state index in [0.717, 1.165) is 66.5 Å². The van der Waals surface area contributed by atoms with Crippen molar-refractivity contribution in [3.63, 3.8) is 0 Å². The molecule has 0 saturated carbocycles. The Morgan fingerprint density at radius 2 is 1.02 bits per heavy atom. The van der Waals surface area contributed by atoms with Gasteiger partial charge in [-0.2, -0.15) is 0 Å². The maximum atomic E-state index is 7.19. The number of anilines is 3. The first kappa shape index (κ1) is 33.2. The third-order valence-corrected chi connectivity index (χ3v) is 12.1. The zero-order valence-electron chi connectivity index (χ0n) is 31.9. The molecular weight excluding hydrogens is 691 g/mol. The highest BCUT2D eigenvalue weighted by atomic mass is 16.3. The van der Waals surface area contributed by atoms with E-state index in [1.54, 1.807) is 0 Å². The maximum absolute atomic E-state index is 7.19. The Hall–Kier alpha value is -7.16. The molecule has 0 radical (unpaired) electrons. The highest BCUT2D eigenvalue weighted by Crippen LogP contribution is 2.52. The van der Waals surface area contributed by atoms with Gasteiger partial charge in [-0.15, -0.1) is 0 Å². The fourth-order valence-corrected chi connectivity index (χ4v) is 9.19. The Labute approximate surface area is 332 Å². The van der Waals surface area contributed by atoms with Crippen molar-refractivity contribution < 1.29 is 4.42 Å². The fourth-order valence-electron chi connectivity index (χ4n) is 9.19. The minimum absolute atomic E-state index is 0.114. The van der Waals surface area contributed by atoms with Crippen molar-refractivity contribution in [2.45, 2.75) is 19.3 Å². The summed E-state index contributed by atoms with van der Waals surface area (Å²) < 4.78 is 7.19. The second-order valence-corrected chi connectivity index (χ2v) is 15.7. The van der Waals surface area contributed by atoms with Crippen LogP contribution in [0.2, 0.25) is 0 Å². The van der Waals surface area contributed by atoms with Gasteiger partial charge in [0.05, 0.1) is 11.1 Å². The standard InChI is InChI=1S/C55H39NO/c1-55(2)49-23-12-11-22-46(49)47-30-27-41(35-50(47)55)45-32-33-51(52-48-31-26-39-18-9-10-21-44(39)53(48)57-54(45)52)56(42-28-24-38(25-29-42)36-14-5-3-6-15-36)43-20-13-19-40(34-43)37-16-7-4-8-17-37/h3-35H,1-2H3. The molecule has 57 heavy (non-hydrogen) atoms. The Morgan fingerprint density at radius 1 is 0.386 bits per heavy atom. The number of hydrogen-bond donors (Lipinski definition) is 0. The molecule has 1 aliphatic rings. The zero-order chi connectivity index (χ0) is 38.1. The summed E-state index contributed by atoms with van der Waals surface area (Å²) in [5.41, 5.74) is 17.2. The lowest BCUT2D eigenvalue weighted by Crippen LogP contribution is -2.14. The molecular formula is C55H39NO. The molecule has 10 aromatic rings. The van der Waals surface area contributed by atoms with Crippen LogP contribution in [0.1, 0.15) is 25.0 Å². The first-order valence-electron chi connectivity index (χ1n) is 19.8. The number of hydrogen-bond acceptors (Lipinski definition) is 2. The van der Waals surface area contributed by atoms with E-state index in [4.69, 9.17) is 4.42 Å². The highest BCUT2D eigenvalue weighted by Gasteiger charge is 2.35. The molecule has 1 aliphatic carbocycles. The van der Waals surface area contributed by atoms with Gasteiger partial charge in [0.2, 0.25) is 0 Å². The predicted octanol–water partition coefficient (Wildman–Crippen LogP) is 15.5. The van der Waals surface area contributed by atoms with E-state index in [9.17, 15) is 0 Å². The summed E-state index contributed by atoms with van der Waals surface area (Å²) >= 11 is 0. The monoisotopic (exact) mass is 729 g/mol. The average Bonchev–Trinajstić information content (AvgIpc) is 3.78. The van der Waals surface area contributed by atoms with Crippen molar-refractivity contribution in [1.29, 1.82) is 0 Å². The quantitative estimate of drug-likeness (QED) is 0.169. The van der Waals surface area contributed by atoms with Gasteiger partial charge in [0.1, 0.15) is 11.2 Å². The Morgan fingerprint density at radius 3 is 1.82 bits per heavy atom. The molecule has 0 atom stereocenters. The normalized spacial score (nSPS) is 12.9. The lowest BCUT2D eigenvalue weighted by molar-refractivity contribution is 0.660. The molecule has 2 heteroatoms. The van der Waals surface area contributed by atoms with Crippen LogP contribution >= 0.6 is 0 Å². The molecule has 9 aromatic carbocycles. The fraction of sp³-hybridized carbons (Fsp3) is 0.0545. The second-order valence-electron chi connectivity index (χ2n) is 15.7. The topological polar surface area (TPSA) is 16.4 Å². The molecule has 1 aromatic heterocycles. The van der Waals surface area contributed by atoms with Crippen LogP contribution in [0.15, 0.2) is 205 Å². The second kappa shape index (κ2) is 13.0. The third kappa shape index (κ3) is 5.33. The predicted molar refractivity (Wildman–Crippen MR) is 240 cm³/mol. The maximum Gasteiger partial charge on any atom is 0.145 e. The van der Waals surface area contributed by atoms with Crippen molar-refractivity contribution in [2.24, 2.45) is 0 Å². The van der Waals surface area contributed by atoms with E-state index in [2.05, 4.69) is 219 Å². The van der Waals surface area contributed by atoms with Gasteiger partial charge in [-0.05, 0) is 104 Å². The lowest BCUT2D eigenvalue weighted by atomic mass is 9.81. The van der Waals surface area contributed by atoms with Crippen molar-refractivity contribution in [3.8, 4) is 44.5 Å². The molecule has 0 spiro atoms. The minimum Gasteiger partial charge on any atom is -0.455 e. The van der Waals surface area contributed by atoms with Gasteiger partial charge < -0.3 is 9.32 Å². The molecule has 0 aliphatic heterocycles. The number of benzene rings is 9. The van der Waals surface area contributed by atoms with E-state index in [0.29, 0.717) is 0 Å². The molecule has 2 nitrogen and oxygen atoms in total. The van der Waals surface area contributed by atoms with Gasteiger partial charge in [0.25, 0.3) is 0 Å². The third-order valence-electron chi connectivity index (χ3n) is 12.1. The summed E-state index contributed by atoms with van der Waals surface area (Å²) in [6.07, 6.45) is 0. The van der Waals surface area contributed by atoms with Crippen LogP contribution in [0.5, 0.6) is 0 Å². The number of fused-ring (bicyclic) bond motifs is 8. The van der Waals surface area contributed by atoms with Crippen molar-refractivity contribution in [2.75, 3.05) is 4.90 Å². The Balaban J connectivity index is 1.17.